The van der Waals surface area contributed by atoms with Crippen LogP contribution in [0.1, 0.15) is 136 Å². The van der Waals surface area contributed by atoms with Crippen molar-refractivity contribution >= 4 is 51.2 Å². The van der Waals surface area contributed by atoms with Gasteiger partial charge >= 0.3 is 0 Å². The second-order valence-electron chi connectivity index (χ2n) is 18.5. The highest BCUT2D eigenvalue weighted by molar-refractivity contribution is 6.30. The molecule has 7 aromatic rings. The summed E-state index contributed by atoms with van der Waals surface area (Å²) in [6, 6.07) is 17.0. The molecule has 344 valence electrons. The Labute approximate surface area is 386 Å². The van der Waals surface area contributed by atoms with Crippen LogP contribution in [0.4, 0.5) is 10.1 Å². The summed E-state index contributed by atoms with van der Waals surface area (Å²) in [4.78, 5) is 36.7. The Kier molecular flexibility index (Phi) is 11.8. The normalized spacial score (nSPS) is 23.5. The van der Waals surface area contributed by atoms with Crippen molar-refractivity contribution in [3.63, 3.8) is 0 Å². The van der Waals surface area contributed by atoms with Crippen LogP contribution < -0.4 is 10.2 Å². The Hall–Kier alpha value is -5.90. The first-order chi connectivity index (χ1) is 31.8. The third-order valence-corrected chi connectivity index (χ3v) is 14.4. The van der Waals surface area contributed by atoms with Gasteiger partial charge in [-0.25, -0.2) is 14.4 Å². The molecule has 0 bridgehead atoms. The van der Waals surface area contributed by atoms with Crippen molar-refractivity contribution in [1.82, 2.24) is 34.7 Å². The molecule has 2 saturated heterocycles. The van der Waals surface area contributed by atoms with E-state index in [4.69, 9.17) is 30.6 Å². The summed E-state index contributed by atoms with van der Waals surface area (Å²) in [5.74, 6) is 2.72. The maximum atomic E-state index is 14.4. The number of nitrogens with zero attached hydrogens (tertiary/aromatic N) is 7. The summed E-state index contributed by atoms with van der Waals surface area (Å²) in [7, 11) is 0. The minimum Gasteiger partial charge on any atom is -0.393 e. The van der Waals surface area contributed by atoms with E-state index in [2.05, 4.69) is 55.1 Å². The van der Waals surface area contributed by atoms with Gasteiger partial charge in [-0.2, -0.15) is 0 Å². The number of aliphatic hydroxyl groups is 2. The number of imidazole rings is 2. The molecule has 0 radical (unpaired) electrons. The van der Waals surface area contributed by atoms with E-state index in [1.807, 2.05) is 33.8 Å². The Morgan fingerprint density at radius 2 is 1.20 bits per heavy atom. The van der Waals surface area contributed by atoms with Crippen molar-refractivity contribution in [2.24, 2.45) is 0 Å². The van der Waals surface area contributed by atoms with Crippen molar-refractivity contribution in [3.8, 4) is 22.3 Å². The highest BCUT2D eigenvalue weighted by Gasteiger charge is 2.39. The summed E-state index contributed by atoms with van der Waals surface area (Å²) < 4.78 is 29.7. The van der Waals surface area contributed by atoms with E-state index in [0.29, 0.717) is 31.0 Å². The molecule has 3 aromatic carbocycles. The molecule has 4 aliphatic rings. The number of amides is 2. The first-order valence-corrected chi connectivity index (χ1v) is 23.5. The molecule has 0 spiro atoms. The molecule has 6 heterocycles. The average Bonchev–Trinajstić information content (AvgIpc) is 4.17. The van der Waals surface area contributed by atoms with Gasteiger partial charge in [0.2, 0.25) is 11.8 Å². The second kappa shape index (κ2) is 17.7. The molecule has 11 rings (SSSR count). The topological polar surface area (TPSA) is 178 Å². The van der Waals surface area contributed by atoms with E-state index in [1.54, 1.807) is 11.0 Å². The zero-order chi connectivity index (χ0) is 46.0. The van der Waals surface area contributed by atoms with Crippen LogP contribution in [0.5, 0.6) is 0 Å². The van der Waals surface area contributed by atoms with Crippen molar-refractivity contribution in [3.05, 3.63) is 100.0 Å². The Bertz CT molecular complexity index is 2940. The summed E-state index contributed by atoms with van der Waals surface area (Å²) >= 11 is 5.92. The van der Waals surface area contributed by atoms with Crippen LogP contribution in [-0.4, -0.2) is 63.7 Å². The first-order valence-electron chi connectivity index (χ1n) is 23.2. The predicted octanol–water partition coefficient (Wildman–Crippen LogP) is 10.2. The summed E-state index contributed by atoms with van der Waals surface area (Å²) in [6.07, 6.45) is 8.29. The quantitative estimate of drug-likeness (QED) is 0.139. The molecule has 4 aromatic heterocycles. The average molecular weight is 917 g/mol. The molecule has 0 unspecified atom stereocenters. The fourth-order valence-electron chi connectivity index (χ4n) is 10.9. The highest BCUT2D eigenvalue weighted by Crippen LogP contribution is 2.43. The molecule has 2 atom stereocenters. The molecule has 3 N–H and O–H groups in total. The number of nitrogens with one attached hydrogen (secondary N) is 1. The maximum absolute atomic E-state index is 14.4. The van der Waals surface area contributed by atoms with Crippen LogP contribution in [0.25, 0.3) is 44.3 Å². The van der Waals surface area contributed by atoms with E-state index in [9.17, 15) is 24.2 Å². The van der Waals surface area contributed by atoms with E-state index < -0.39 is 5.82 Å². The smallest absolute Gasteiger partial charge is 0.227 e. The predicted molar refractivity (Wildman–Crippen MR) is 247 cm³/mol. The number of hydrogen-bond donors (Lipinski definition) is 3. The number of hydrogen-bond acceptors (Lipinski definition) is 10. The summed E-state index contributed by atoms with van der Waals surface area (Å²) in [5, 5.41) is 31.4. The van der Waals surface area contributed by atoms with E-state index in [1.165, 1.54) is 12.1 Å². The van der Waals surface area contributed by atoms with Gasteiger partial charge in [0, 0.05) is 41.7 Å². The van der Waals surface area contributed by atoms with Crippen LogP contribution in [-0.2, 0) is 9.59 Å². The Morgan fingerprint density at radius 3 is 1.68 bits per heavy atom. The lowest BCUT2D eigenvalue weighted by Crippen LogP contribution is -2.31. The number of carbonyl (C=O) groups excluding carboxylic acids is 2. The van der Waals surface area contributed by atoms with Gasteiger partial charge in [-0.05, 0) is 145 Å². The van der Waals surface area contributed by atoms with Gasteiger partial charge in [-0.3, -0.25) is 9.59 Å². The van der Waals surface area contributed by atoms with Crippen LogP contribution in [0.15, 0.2) is 63.6 Å². The number of anilines is 1. The van der Waals surface area contributed by atoms with Crippen molar-refractivity contribution in [1.29, 1.82) is 0 Å². The van der Waals surface area contributed by atoms with Crippen LogP contribution in [0.3, 0.4) is 0 Å². The largest absolute Gasteiger partial charge is 0.393 e. The van der Waals surface area contributed by atoms with Crippen LogP contribution in [0.2, 0.25) is 5.02 Å². The maximum Gasteiger partial charge on any atom is 0.227 e. The van der Waals surface area contributed by atoms with Gasteiger partial charge < -0.3 is 38.6 Å². The van der Waals surface area contributed by atoms with Gasteiger partial charge in [-0.15, -0.1) is 0 Å². The highest BCUT2D eigenvalue weighted by atomic mass is 35.5. The fourth-order valence-corrected chi connectivity index (χ4v) is 11.0. The van der Waals surface area contributed by atoms with Gasteiger partial charge in [0.15, 0.2) is 0 Å². The molecule has 14 nitrogen and oxygen atoms in total. The molecular formula is C50H54ClFN8O6. The minimum absolute atomic E-state index is 0.0202. The number of carbonyl (C=O) groups is 2. The Balaban J connectivity index is 0.000000160. The molecule has 66 heavy (non-hydrogen) atoms. The molecule has 2 aliphatic heterocycles. The lowest BCUT2D eigenvalue weighted by molar-refractivity contribution is -0.119. The summed E-state index contributed by atoms with van der Waals surface area (Å²) in [5.41, 5.74) is 9.93. The van der Waals surface area contributed by atoms with E-state index in [0.717, 1.165) is 137 Å². The number of aryl methyl sites for hydroxylation is 4. The number of halogens is 2. The molecule has 2 amide bonds. The third kappa shape index (κ3) is 8.08. The zero-order valence-electron chi connectivity index (χ0n) is 37.6. The van der Waals surface area contributed by atoms with Gasteiger partial charge in [0.25, 0.3) is 0 Å². The summed E-state index contributed by atoms with van der Waals surface area (Å²) in [6.45, 7) is 7.68. The second-order valence-corrected chi connectivity index (χ2v) is 18.9. The van der Waals surface area contributed by atoms with Crippen LogP contribution in [0, 0.1) is 33.5 Å². The lowest BCUT2D eigenvalue weighted by atomic mass is 9.92. The van der Waals surface area contributed by atoms with E-state index in [-0.39, 0.29) is 47.2 Å². The fraction of sp³-hybridized carbons (Fsp3) is 0.440. The number of fused-ring (bicyclic) bond motifs is 2. The monoisotopic (exact) mass is 916 g/mol. The van der Waals surface area contributed by atoms with Gasteiger partial charge in [-0.1, -0.05) is 34.0 Å². The van der Waals surface area contributed by atoms with Crippen molar-refractivity contribution < 1.29 is 33.2 Å². The lowest BCUT2D eigenvalue weighted by Gasteiger charge is -2.31. The molecular weight excluding hydrogens is 863 g/mol. The SMILES string of the molecule is Cc1noc(C)c1-c1ccc2c(c1)nc([C@@H]1CCC(=O)N1)n2C1CCC(O)CC1.Cc1noc(C)c1-c1ccc2c(c1)nc([C@@H]1CCC(=O)N1c1ccc(Cl)c(F)c1)n2C1CCC(O)CC1. The van der Waals surface area contributed by atoms with Gasteiger partial charge in [0.1, 0.15) is 29.0 Å². The van der Waals surface area contributed by atoms with Gasteiger partial charge in [0.05, 0.1) is 62.8 Å². The van der Waals surface area contributed by atoms with Crippen LogP contribution >= 0.6 is 11.6 Å². The number of rotatable bonds is 7. The van der Waals surface area contributed by atoms with Crippen molar-refractivity contribution in [2.75, 3.05) is 4.90 Å². The molecule has 16 heteroatoms. The third-order valence-electron chi connectivity index (χ3n) is 14.1. The molecule has 2 aliphatic carbocycles. The molecule has 2 saturated carbocycles. The first kappa shape index (κ1) is 44.0. The molecule has 4 fully saturated rings. The van der Waals surface area contributed by atoms with E-state index >= 15 is 0 Å². The number of aliphatic hydroxyl groups excluding tert-OH is 2. The number of benzene rings is 3. The number of aromatic nitrogens is 6. The minimum atomic E-state index is -0.559. The Morgan fingerprint density at radius 1 is 0.667 bits per heavy atom. The standard InChI is InChI=1S/C28H28ClFN4O3.C22H26N4O3/c1-15-27(16(2)37-32-15)17-3-10-24-23(13-17)31-28(34(24)18-4-7-20(35)8-5-18)25-11-12-26(36)33(25)19-6-9-21(29)22(30)14-19;1-12-21(13(2)29-25-12)14-3-9-19-18(11-14)24-22(17-8-10-20(28)23-17)26(19)15-4-6-16(27)7-5-15/h3,6,9-10,13-14,18,20,25,35H,4-5,7-8,11-12H2,1-2H3;3,9,11,15-17,27H,4-8,10H2,1-2H3,(H,23,28)/t18?,20?,25-;15?,16?,17-/m00/s1. The van der Waals surface area contributed by atoms with Crippen molar-refractivity contribution in [2.45, 2.75) is 141 Å². The zero-order valence-corrected chi connectivity index (χ0v) is 38.3.